The number of hydrogen-bond donors (Lipinski definition) is 0. The lowest BCUT2D eigenvalue weighted by Crippen LogP contribution is -2.15. The van der Waals surface area contributed by atoms with Crippen molar-refractivity contribution in [2.45, 2.75) is 52.6 Å². The number of ether oxygens (including phenoxy) is 1. The van der Waals surface area contributed by atoms with E-state index in [0.717, 1.165) is 29.2 Å². The van der Waals surface area contributed by atoms with Crippen LogP contribution in [0.3, 0.4) is 0 Å². The lowest BCUT2D eigenvalue weighted by Gasteiger charge is -2.17. The second kappa shape index (κ2) is 7.79. The summed E-state index contributed by atoms with van der Waals surface area (Å²) in [5.41, 5.74) is 2.98. The highest BCUT2D eigenvalue weighted by Crippen LogP contribution is 2.24. The van der Waals surface area contributed by atoms with Crippen LogP contribution in [0.4, 0.5) is 0 Å². The first kappa shape index (κ1) is 17.0. The SMILES string of the molecule is CCC(CC)CCC(C)Oc1ccc2ncc(-c3ccsc3)n2n1. The summed E-state index contributed by atoms with van der Waals surface area (Å²) in [7, 11) is 0. The molecule has 3 aromatic rings. The molecule has 128 valence electrons. The summed E-state index contributed by atoms with van der Waals surface area (Å²) in [4.78, 5) is 4.43. The van der Waals surface area contributed by atoms with Crippen LogP contribution in [0.2, 0.25) is 0 Å². The quantitative estimate of drug-likeness (QED) is 0.546. The molecule has 0 aliphatic rings. The zero-order valence-corrected chi connectivity index (χ0v) is 15.4. The van der Waals surface area contributed by atoms with Crippen LogP contribution in [0.1, 0.15) is 46.5 Å². The Labute approximate surface area is 147 Å². The molecule has 0 N–H and O–H groups in total. The molecule has 0 saturated carbocycles. The summed E-state index contributed by atoms with van der Waals surface area (Å²) < 4.78 is 7.91. The molecule has 1 unspecified atom stereocenters. The number of imidazole rings is 1. The van der Waals surface area contributed by atoms with E-state index < -0.39 is 0 Å². The number of nitrogens with zero attached hydrogens (tertiary/aromatic N) is 3. The molecule has 3 heterocycles. The van der Waals surface area contributed by atoms with Gasteiger partial charge in [-0.1, -0.05) is 26.7 Å². The lowest BCUT2D eigenvalue weighted by atomic mass is 9.96. The molecule has 24 heavy (non-hydrogen) atoms. The third-order valence-electron chi connectivity index (χ3n) is 4.61. The van der Waals surface area contributed by atoms with Crippen LogP contribution in [-0.4, -0.2) is 20.7 Å². The van der Waals surface area contributed by atoms with Crippen LogP contribution in [-0.2, 0) is 0 Å². The summed E-state index contributed by atoms with van der Waals surface area (Å²) in [6, 6.07) is 5.96. The van der Waals surface area contributed by atoms with E-state index in [9.17, 15) is 0 Å². The first-order chi connectivity index (χ1) is 11.7. The second-order valence-corrected chi connectivity index (χ2v) is 7.07. The molecule has 0 amide bonds. The normalized spacial score (nSPS) is 12.8. The van der Waals surface area contributed by atoms with E-state index in [2.05, 4.69) is 47.7 Å². The Morgan fingerprint density at radius 3 is 2.71 bits per heavy atom. The Morgan fingerprint density at radius 2 is 2.00 bits per heavy atom. The molecular formula is C19H25N3OS. The molecule has 0 radical (unpaired) electrons. The van der Waals surface area contributed by atoms with Gasteiger partial charge in [0, 0.05) is 17.0 Å². The van der Waals surface area contributed by atoms with Crippen LogP contribution in [0, 0.1) is 5.92 Å². The van der Waals surface area contributed by atoms with Gasteiger partial charge in [0.05, 0.1) is 18.0 Å². The second-order valence-electron chi connectivity index (χ2n) is 6.29. The van der Waals surface area contributed by atoms with Gasteiger partial charge in [0.1, 0.15) is 0 Å². The minimum Gasteiger partial charge on any atom is -0.474 e. The smallest absolute Gasteiger partial charge is 0.232 e. The first-order valence-electron chi connectivity index (χ1n) is 8.75. The van der Waals surface area contributed by atoms with Gasteiger partial charge in [-0.2, -0.15) is 11.3 Å². The van der Waals surface area contributed by atoms with Crippen molar-refractivity contribution in [1.29, 1.82) is 0 Å². The molecular weight excluding hydrogens is 318 g/mol. The van der Waals surface area contributed by atoms with Crippen molar-refractivity contribution in [3.63, 3.8) is 0 Å². The molecule has 0 aromatic carbocycles. The van der Waals surface area contributed by atoms with Gasteiger partial charge in [-0.05, 0) is 43.2 Å². The molecule has 4 nitrogen and oxygen atoms in total. The van der Waals surface area contributed by atoms with Crippen LogP contribution in [0.15, 0.2) is 35.2 Å². The molecule has 0 saturated heterocycles. The van der Waals surface area contributed by atoms with Crippen molar-refractivity contribution in [3.8, 4) is 17.1 Å². The van der Waals surface area contributed by atoms with Crippen LogP contribution in [0.5, 0.6) is 5.88 Å². The molecule has 0 aliphatic heterocycles. The molecule has 5 heteroatoms. The largest absolute Gasteiger partial charge is 0.474 e. The van der Waals surface area contributed by atoms with Gasteiger partial charge < -0.3 is 4.74 Å². The number of thiophene rings is 1. The Balaban J connectivity index is 1.72. The molecule has 3 aromatic heterocycles. The Kier molecular flexibility index (Phi) is 5.51. The molecule has 0 spiro atoms. The summed E-state index contributed by atoms with van der Waals surface area (Å²) >= 11 is 1.67. The molecule has 3 rings (SSSR count). The predicted octanol–water partition coefficient (Wildman–Crippen LogP) is 5.44. The minimum atomic E-state index is 0.170. The topological polar surface area (TPSA) is 39.4 Å². The van der Waals surface area contributed by atoms with Gasteiger partial charge in [-0.3, -0.25) is 0 Å². The van der Waals surface area contributed by atoms with E-state index in [1.807, 2.05) is 22.8 Å². The number of hydrogen-bond acceptors (Lipinski definition) is 4. The fourth-order valence-electron chi connectivity index (χ4n) is 2.96. The van der Waals surface area contributed by atoms with Crippen molar-refractivity contribution in [3.05, 3.63) is 35.2 Å². The van der Waals surface area contributed by atoms with Gasteiger partial charge in [0.15, 0.2) is 5.65 Å². The average molecular weight is 343 g/mol. The third kappa shape index (κ3) is 3.78. The van der Waals surface area contributed by atoms with E-state index in [1.54, 1.807) is 11.3 Å². The summed E-state index contributed by atoms with van der Waals surface area (Å²) in [6.45, 7) is 6.66. The van der Waals surface area contributed by atoms with Crippen molar-refractivity contribution in [1.82, 2.24) is 14.6 Å². The van der Waals surface area contributed by atoms with Crippen LogP contribution < -0.4 is 4.74 Å². The van der Waals surface area contributed by atoms with Gasteiger partial charge in [0.25, 0.3) is 0 Å². The van der Waals surface area contributed by atoms with Crippen LogP contribution >= 0.6 is 11.3 Å². The van der Waals surface area contributed by atoms with Crippen molar-refractivity contribution in [2.75, 3.05) is 0 Å². The maximum Gasteiger partial charge on any atom is 0.232 e. The highest BCUT2D eigenvalue weighted by Gasteiger charge is 2.12. The maximum atomic E-state index is 6.05. The van der Waals surface area contributed by atoms with Gasteiger partial charge >= 0.3 is 0 Å². The average Bonchev–Trinajstić information content (AvgIpc) is 3.24. The standard InChI is InChI=1S/C19H25N3OS/c1-4-15(5-2)7-6-14(3)23-19-9-8-18-20-12-17(22(18)21-19)16-10-11-24-13-16/h8-15H,4-7H2,1-3H3. The predicted molar refractivity (Wildman–Crippen MR) is 99.7 cm³/mol. The molecule has 0 fully saturated rings. The Bertz CT molecular complexity index is 762. The van der Waals surface area contributed by atoms with E-state index in [1.165, 1.54) is 19.3 Å². The fourth-order valence-corrected chi connectivity index (χ4v) is 3.61. The maximum absolute atomic E-state index is 6.05. The molecule has 1 atom stereocenters. The fraction of sp³-hybridized carbons (Fsp3) is 0.474. The van der Waals surface area contributed by atoms with Crippen molar-refractivity contribution in [2.24, 2.45) is 5.92 Å². The van der Waals surface area contributed by atoms with Gasteiger partial charge in [0.2, 0.25) is 5.88 Å². The summed E-state index contributed by atoms with van der Waals surface area (Å²) in [6.07, 6.45) is 6.79. The Morgan fingerprint density at radius 1 is 1.17 bits per heavy atom. The highest BCUT2D eigenvalue weighted by atomic mass is 32.1. The summed E-state index contributed by atoms with van der Waals surface area (Å²) in [5.74, 6) is 1.46. The Hall–Kier alpha value is -1.88. The minimum absolute atomic E-state index is 0.170. The van der Waals surface area contributed by atoms with Crippen LogP contribution in [0.25, 0.3) is 16.9 Å². The third-order valence-corrected chi connectivity index (χ3v) is 5.30. The number of aromatic nitrogens is 3. The monoisotopic (exact) mass is 343 g/mol. The first-order valence-corrected chi connectivity index (χ1v) is 9.69. The number of rotatable bonds is 8. The zero-order valence-electron chi connectivity index (χ0n) is 14.6. The number of fused-ring (bicyclic) bond motifs is 1. The van der Waals surface area contributed by atoms with E-state index in [4.69, 9.17) is 4.74 Å². The van der Waals surface area contributed by atoms with Crippen molar-refractivity contribution < 1.29 is 4.74 Å². The van der Waals surface area contributed by atoms with E-state index in [-0.39, 0.29) is 6.10 Å². The highest BCUT2D eigenvalue weighted by molar-refractivity contribution is 7.08. The zero-order chi connectivity index (χ0) is 16.9. The molecule has 0 bridgehead atoms. The van der Waals surface area contributed by atoms with E-state index >= 15 is 0 Å². The summed E-state index contributed by atoms with van der Waals surface area (Å²) in [5, 5.41) is 8.81. The lowest BCUT2D eigenvalue weighted by molar-refractivity contribution is 0.187. The van der Waals surface area contributed by atoms with E-state index in [0.29, 0.717) is 5.88 Å². The van der Waals surface area contributed by atoms with Gasteiger partial charge in [-0.15, -0.1) is 5.10 Å². The van der Waals surface area contributed by atoms with Crippen molar-refractivity contribution >= 4 is 17.0 Å². The van der Waals surface area contributed by atoms with Gasteiger partial charge in [-0.25, -0.2) is 9.50 Å². The molecule has 0 aliphatic carbocycles.